The molecule has 1 aromatic carbocycles. The first-order valence-electron chi connectivity index (χ1n) is 8.77. The van der Waals surface area contributed by atoms with Crippen LogP contribution in [0.25, 0.3) is 0 Å². The van der Waals surface area contributed by atoms with Gasteiger partial charge in [0.15, 0.2) is 17.3 Å². The van der Waals surface area contributed by atoms with Crippen molar-refractivity contribution in [2.24, 2.45) is 0 Å². The number of aromatic nitrogens is 2. The topological polar surface area (TPSA) is 86.9 Å². The molecular weight excluding hydrogens is 338 g/mol. The summed E-state index contributed by atoms with van der Waals surface area (Å²) in [5, 5.41) is 3.74. The summed E-state index contributed by atoms with van der Waals surface area (Å²) in [6.07, 6.45) is 1.02. The highest BCUT2D eigenvalue weighted by atomic mass is 16.6. The molecule has 1 atom stereocenters. The summed E-state index contributed by atoms with van der Waals surface area (Å²) in [6.45, 7) is 3.58. The van der Waals surface area contributed by atoms with Gasteiger partial charge in [0.25, 0.3) is 11.8 Å². The maximum atomic E-state index is 12.7. The third-order valence-corrected chi connectivity index (χ3v) is 4.55. The van der Waals surface area contributed by atoms with Gasteiger partial charge in [0, 0.05) is 13.1 Å². The number of likely N-dealkylation sites (tertiary alicyclic amines) is 1. The summed E-state index contributed by atoms with van der Waals surface area (Å²) in [5.41, 5.74) is 0. The number of amides is 1. The molecule has 1 amide bonds. The van der Waals surface area contributed by atoms with Crippen LogP contribution in [0.5, 0.6) is 11.5 Å². The summed E-state index contributed by atoms with van der Waals surface area (Å²) >= 11 is 0. The lowest BCUT2D eigenvalue weighted by atomic mass is 10.1. The highest BCUT2D eigenvalue weighted by Crippen LogP contribution is 2.31. The number of benzene rings is 1. The van der Waals surface area contributed by atoms with Gasteiger partial charge in [-0.05, 0) is 31.9 Å². The maximum Gasteiger partial charge on any atom is 0.267 e. The van der Waals surface area contributed by atoms with E-state index in [0.29, 0.717) is 42.9 Å². The Kier molecular flexibility index (Phi) is 4.75. The van der Waals surface area contributed by atoms with Crippen LogP contribution in [0.15, 0.2) is 28.8 Å². The first kappa shape index (κ1) is 16.8. The third kappa shape index (κ3) is 3.65. The molecule has 2 aliphatic heterocycles. The quantitative estimate of drug-likeness (QED) is 0.821. The molecule has 4 rings (SSSR count). The second-order valence-electron chi connectivity index (χ2n) is 6.44. The molecule has 0 N–H and O–H groups in total. The summed E-state index contributed by atoms with van der Waals surface area (Å²) < 4.78 is 22.3. The predicted octanol–water partition coefficient (Wildman–Crippen LogP) is 1.73. The van der Waals surface area contributed by atoms with Gasteiger partial charge >= 0.3 is 0 Å². The number of hydrogen-bond acceptors (Lipinski definition) is 7. The molecule has 2 aromatic rings. The summed E-state index contributed by atoms with van der Waals surface area (Å²) in [5.74, 6) is 2.34. The predicted molar refractivity (Wildman–Crippen MR) is 89.8 cm³/mol. The zero-order chi connectivity index (χ0) is 17.9. The Hall–Kier alpha value is -2.61. The second kappa shape index (κ2) is 7.33. The number of carbonyl (C=O) groups excluding carboxylic acids is 1. The minimum Gasteiger partial charge on any atom is -0.485 e. The summed E-state index contributed by atoms with van der Waals surface area (Å²) in [7, 11) is 0. The SMILES string of the molecule is Cc1noc(COC2CCN(C(=O)[C@H]3COc4ccccc4O3)CC2)n1. The van der Waals surface area contributed by atoms with Gasteiger partial charge in [-0.15, -0.1) is 0 Å². The van der Waals surface area contributed by atoms with Gasteiger partial charge in [-0.2, -0.15) is 4.98 Å². The van der Waals surface area contributed by atoms with Crippen molar-refractivity contribution >= 4 is 5.91 Å². The molecule has 8 heteroatoms. The summed E-state index contributed by atoms with van der Waals surface area (Å²) in [4.78, 5) is 18.6. The molecular formula is C18H21N3O5. The Morgan fingerprint density at radius 3 is 2.77 bits per heavy atom. The van der Waals surface area contributed by atoms with Gasteiger partial charge in [0.2, 0.25) is 6.10 Å². The first-order chi connectivity index (χ1) is 12.7. The van der Waals surface area contributed by atoms with Crippen molar-refractivity contribution in [3.05, 3.63) is 36.0 Å². The van der Waals surface area contributed by atoms with Crippen LogP contribution in [-0.2, 0) is 16.1 Å². The molecule has 0 bridgehead atoms. The van der Waals surface area contributed by atoms with E-state index >= 15 is 0 Å². The van der Waals surface area contributed by atoms with Gasteiger partial charge in [-0.1, -0.05) is 17.3 Å². The maximum absolute atomic E-state index is 12.7. The Labute approximate surface area is 151 Å². The molecule has 1 saturated heterocycles. The second-order valence-corrected chi connectivity index (χ2v) is 6.44. The Balaban J connectivity index is 1.26. The van der Waals surface area contributed by atoms with E-state index in [-0.39, 0.29) is 18.6 Å². The lowest BCUT2D eigenvalue weighted by Gasteiger charge is -2.35. The van der Waals surface area contributed by atoms with Gasteiger partial charge in [0.05, 0.1) is 6.10 Å². The van der Waals surface area contributed by atoms with Crippen molar-refractivity contribution in [1.29, 1.82) is 0 Å². The van der Waals surface area contributed by atoms with E-state index in [1.807, 2.05) is 29.2 Å². The van der Waals surface area contributed by atoms with Gasteiger partial charge in [0.1, 0.15) is 13.2 Å². The van der Waals surface area contributed by atoms with E-state index in [1.54, 1.807) is 6.92 Å². The van der Waals surface area contributed by atoms with Gasteiger partial charge < -0.3 is 23.6 Å². The monoisotopic (exact) mass is 359 g/mol. The molecule has 1 fully saturated rings. The number of fused-ring (bicyclic) bond motifs is 1. The number of hydrogen-bond donors (Lipinski definition) is 0. The largest absolute Gasteiger partial charge is 0.485 e. The molecule has 0 aliphatic carbocycles. The first-order valence-corrected chi connectivity index (χ1v) is 8.77. The molecule has 0 unspecified atom stereocenters. The van der Waals surface area contributed by atoms with Crippen LogP contribution in [0.1, 0.15) is 24.6 Å². The average Bonchev–Trinajstić information content (AvgIpc) is 3.11. The van der Waals surface area contributed by atoms with Crippen molar-refractivity contribution < 1.29 is 23.5 Å². The van der Waals surface area contributed by atoms with Crippen LogP contribution in [0.3, 0.4) is 0 Å². The molecule has 1 aromatic heterocycles. The van der Waals surface area contributed by atoms with Gasteiger partial charge in [-0.3, -0.25) is 4.79 Å². The lowest BCUT2D eigenvalue weighted by Crippen LogP contribution is -2.49. The molecule has 2 aliphatic rings. The number of para-hydroxylation sites is 2. The number of nitrogens with zero attached hydrogens (tertiary/aromatic N) is 3. The van der Waals surface area contributed by atoms with Gasteiger partial charge in [-0.25, -0.2) is 0 Å². The van der Waals surface area contributed by atoms with Crippen molar-refractivity contribution in [1.82, 2.24) is 15.0 Å². The van der Waals surface area contributed by atoms with Crippen LogP contribution < -0.4 is 9.47 Å². The van der Waals surface area contributed by atoms with Crippen molar-refractivity contribution in [3.8, 4) is 11.5 Å². The standard InChI is InChI=1S/C18H21N3O5/c1-12-19-17(26-20-12)11-23-13-6-8-21(9-7-13)18(22)16-10-24-14-4-2-3-5-15(14)25-16/h2-5,13,16H,6-11H2,1H3/t16-/m1/s1. The molecule has 26 heavy (non-hydrogen) atoms. The van der Waals surface area contributed by atoms with E-state index in [9.17, 15) is 4.79 Å². The zero-order valence-electron chi connectivity index (χ0n) is 14.6. The van der Waals surface area contributed by atoms with Crippen LogP contribution in [0.4, 0.5) is 0 Å². The Morgan fingerprint density at radius 1 is 1.27 bits per heavy atom. The fourth-order valence-corrected chi connectivity index (χ4v) is 3.18. The van der Waals surface area contributed by atoms with Crippen molar-refractivity contribution in [3.63, 3.8) is 0 Å². The number of aryl methyl sites for hydroxylation is 1. The van der Waals surface area contributed by atoms with E-state index < -0.39 is 6.10 Å². The smallest absolute Gasteiger partial charge is 0.267 e. The average molecular weight is 359 g/mol. The lowest BCUT2D eigenvalue weighted by molar-refractivity contribution is -0.144. The van der Waals surface area contributed by atoms with E-state index in [1.165, 1.54) is 0 Å². The number of carbonyl (C=O) groups is 1. The minimum atomic E-state index is -0.594. The molecule has 138 valence electrons. The molecule has 0 saturated carbocycles. The van der Waals surface area contributed by atoms with Crippen molar-refractivity contribution in [2.45, 2.75) is 38.6 Å². The van der Waals surface area contributed by atoms with Crippen LogP contribution in [-0.4, -0.2) is 52.9 Å². The van der Waals surface area contributed by atoms with E-state index in [2.05, 4.69) is 10.1 Å². The molecule has 8 nitrogen and oxygen atoms in total. The van der Waals surface area contributed by atoms with Crippen LogP contribution >= 0.6 is 0 Å². The summed E-state index contributed by atoms with van der Waals surface area (Å²) in [6, 6.07) is 7.39. The molecule has 3 heterocycles. The van der Waals surface area contributed by atoms with E-state index in [0.717, 1.165) is 12.8 Å². The fourth-order valence-electron chi connectivity index (χ4n) is 3.18. The third-order valence-electron chi connectivity index (χ3n) is 4.55. The highest BCUT2D eigenvalue weighted by Gasteiger charge is 2.33. The van der Waals surface area contributed by atoms with Crippen LogP contribution in [0, 0.1) is 6.92 Å². The van der Waals surface area contributed by atoms with Crippen LogP contribution in [0.2, 0.25) is 0 Å². The number of piperidine rings is 1. The van der Waals surface area contributed by atoms with E-state index in [4.69, 9.17) is 18.7 Å². The molecule has 0 spiro atoms. The Morgan fingerprint density at radius 2 is 2.04 bits per heavy atom. The zero-order valence-corrected chi connectivity index (χ0v) is 14.6. The normalized spacial score (nSPS) is 20.2. The number of rotatable bonds is 4. The molecule has 0 radical (unpaired) electrons. The Bertz CT molecular complexity index is 770. The minimum absolute atomic E-state index is 0.0366. The number of ether oxygens (including phenoxy) is 3. The fraction of sp³-hybridized carbons (Fsp3) is 0.500. The van der Waals surface area contributed by atoms with Crippen molar-refractivity contribution in [2.75, 3.05) is 19.7 Å². The highest BCUT2D eigenvalue weighted by molar-refractivity contribution is 5.82.